The number of nitrogens with zero attached hydrogens (tertiary/aromatic N) is 1. The molecule has 1 aromatic carbocycles. The molecule has 21 heavy (non-hydrogen) atoms. The first-order valence-corrected chi connectivity index (χ1v) is 7.38. The van der Waals surface area contributed by atoms with Gasteiger partial charge in [-0.15, -0.1) is 0 Å². The molecule has 0 bridgehead atoms. The molecule has 2 unspecified atom stereocenters. The van der Waals surface area contributed by atoms with Crippen molar-refractivity contribution in [3.05, 3.63) is 17.7 Å². The zero-order valence-corrected chi connectivity index (χ0v) is 13.4. The van der Waals surface area contributed by atoms with E-state index >= 15 is 0 Å². The van der Waals surface area contributed by atoms with Crippen LogP contribution in [0.2, 0.25) is 0 Å². The van der Waals surface area contributed by atoms with Gasteiger partial charge in [-0.05, 0) is 44.1 Å². The Morgan fingerprint density at radius 2 is 1.67 bits per heavy atom. The van der Waals surface area contributed by atoms with E-state index in [-0.39, 0.29) is 12.1 Å². The number of ether oxygens (including phenoxy) is 3. The van der Waals surface area contributed by atoms with Crippen molar-refractivity contribution in [2.75, 3.05) is 34.9 Å². The molecule has 1 saturated heterocycles. The molecule has 1 aromatic rings. The van der Waals surface area contributed by atoms with Crippen LogP contribution in [0.5, 0.6) is 17.2 Å². The fraction of sp³-hybridized carbons (Fsp3) is 0.625. The molecule has 1 aliphatic heterocycles. The Morgan fingerprint density at radius 3 is 2.19 bits per heavy atom. The molecule has 2 rings (SSSR count). The summed E-state index contributed by atoms with van der Waals surface area (Å²) in [5.74, 6) is 1.97. The molecule has 0 saturated carbocycles. The van der Waals surface area contributed by atoms with E-state index in [0.29, 0.717) is 17.2 Å². The summed E-state index contributed by atoms with van der Waals surface area (Å²) in [4.78, 5) is 2.32. The van der Waals surface area contributed by atoms with Crippen LogP contribution in [0.25, 0.3) is 0 Å². The Kier molecular flexibility index (Phi) is 5.31. The smallest absolute Gasteiger partial charge is 0.203 e. The highest BCUT2D eigenvalue weighted by molar-refractivity contribution is 5.54. The van der Waals surface area contributed by atoms with E-state index in [9.17, 15) is 0 Å². The average Bonchev–Trinajstić information content (AvgIpc) is 2.66. The van der Waals surface area contributed by atoms with Crippen LogP contribution < -0.4 is 19.9 Å². The first-order chi connectivity index (χ1) is 10.1. The van der Waals surface area contributed by atoms with E-state index in [1.807, 2.05) is 12.1 Å². The lowest BCUT2D eigenvalue weighted by molar-refractivity contribution is 0.228. The monoisotopic (exact) mass is 294 g/mol. The third-order valence-electron chi connectivity index (χ3n) is 4.21. The SMILES string of the molecule is COc1cc(C2C(N)CCCCN2C)cc(OC)c1OC. The average molecular weight is 294 g/mol. The van der Waals surface area contributed by atoms with E-state index in [2.05, 4.69) is 11.9 Å². The zero-order chi connectivity index (χ0) is 15.4. The van der Waals surface area contributed by atoms with E-state index in [0.717, 1.165) is 18.5 Å². The highest BCUT2D eigenvalue weighted by atomic mass is 16.5. The molecular weight excluding hydrogens is 268 g/mol. The van der Waals surface area contributed by atoms with E-state index in [1.165, 1.54) is 12.8 Å². The van der Waals surface area contributed by atoms with Crippen molar-refractivity contribution in [1.29, 1.82) is 0 Å². The van der Waals surface area contributed by atoms with Gasteiger partial charge in [0.2, 0.25) is 5.75 Å². The van der Waals surface area contributed by atoms with Crippen LogP contribution in [-0.4, -0.2) is 45.9 Å². The topological polar surface area (TPSA) is 57.0 Å². The van der Waals surface area contributed by atoms with Gasteiger partial charge < -0.3 is 19.9 Å². The lowest BCUT2D eigenvalue weighted by atomic mass is 9.96. The quantitative estimate of drug-likeness (QED) is 0.922. The summed E-state index contributed by atoms with van der Waals surface area (Å²) in [6.45, 7) is 1.05. The lowest BCUT2D eigenvalue weighted by Gasteiger charge is -2.31. The summed E-state index contributed by atoms with van der Waals surface area (Å²) in [6.07, 6.45) is 3.39. The van der Waals surface area contributed by atoms with E-state index in [1.54, 1.807) is 21.3 Å². The van der Waals surface area contributed by atoms with Crippen LogP contribution >= 0.6 is 0 Å². The number of rotatable bonds is 4. The minimum atomic E-state index is 0.111. The molecule has 0 aliphatic carbocycles. The molecular formula is C16H26N2O3. The first kappa shape index (κ1) is 15.9. The molecule has 5 heteroatoms. The largest absolute Gasteiger partial charge is 0.493 e. The van der Waals surface area contributed by atoms with Crippen molar-refractivity contribution < 1.29 is 14.2 Å². The molecule has 0 amide bonds. The molecule has 118 valence electrons. The molecule has 1 fully saturated rings. The maximum absolute atomic E-state index is 6.40. The van der Waals surface area contributed by atoms with Crippen LogP contribution in [0.1, 0.15) is 30.9 Å². The number of methoxy groups -OCH3 is 3. The third kappa shape index (κ3) is 3.24. The number of likely N-dealkylation sites (tertiary alicyclic amines) is 1. The minimum absolute atomic E-state index is 0.111. The molecule has 2 N–H and O–H groups in total. The van der Waals surface area contributed by atoms with Crippen LogP contribution in [0.15, 0.2) is 12.1 Å². The van der Waals surface area contributed by atoms with Crippen LogP contribution in [0.4, 0.5) is 0 Å². The van der Waals surface area contributed by atoms with Gasteiger partial charge in [0, 0.05) is 12.1 Å². The fourth-order valence-electron chi connectivity index (χ4n) is 3.14. The summed E-state index contributed by atoms with van der Waals surface area (Å²) >= 11 is 0. The van der Waals surface area contributed by atoms with Crippen molar-refractivity contribution >= 4 is 0 Å². The normalized spacial score (nSPS) is 23.5. The lowest BCUT2D eigenvalue weighted by Crippen LogP contribution is -2.37. The molecule has 1 aliphatic rings. The Labute approximate surface area is 127 Å². The van der Waals surface area contributed by atoms with Crippen molar-refractivity contribution in [1.82, 2.24) is 4.90 Å². The second-order valence-electron chi connectivity index (χ2n) is 5.54. The minimum Gasteiger partial charge on any atom is -0.493 e. The van der Waals surface area contributed by atoms with Gasteiger partial charge in [0.25, 0.3) is 0 Å². The van der Waals surface area contributed by atoms with Crippen LogP contribution in [0, 0.1) is 0 Å². The van der Waals surface area contributed by atoms with E-state index in [4.69, 9.17) is 19.9 Å². The van der Waals surface area contributed by atoms with Crippen molar-refractivity contribution in [3.63, 3.8) is 0 Å². The molecule has 2 atom stereocenters. The molecule has 1 heterocycles. The number of hydrogen-bond donors (Lipinski definition) is 1. The van der Waals surface area contributed by atoms with Gasteiger partial charge in [-0.2, -0.15) is 0 Å². The number of benzene rings is 1. The fourth-order valence-corrected chi connectivity index (χ4v) is 3.14. The summed E-state index contributed by atoms with van der Waals surface area (Å²) in [5.41, 5.74) is 7.51. The van der Waals surface area contributed by atoms with Gasteiger partial charge in [0.1, 0.15) is 0 Å². The number of hydrogen-bond acceptors (Lipinski definition) is 5. The highest BCUT2D eigenvalue weighted by Crippen LogP contribution is 2.41. The van der Waals surface area contributed by atoms with Gasteiger partial charge in [0.05, 0.1) is 21.3 Å². The summed E-state index contributed by atoms with van der Waals surface area (Å²) in [6, 6.07) is 4.29. The third-order valence-corrected chi connectivity index (χ3v) is 4.21. The Balaban J connectivity index is 2.46. The van der Waals surface area contributed by atoms with Crippen molar-refractivity contribution in [2.24, 2.45) is 5.73 Å². The summed E-state index contributed by atoms with van der Waals surface area (Å²) < 4.78 is 16.3. The van der Waals surface area contributed by atoms with Crippen LogP contribution in [0.3, 0.4) is 0 Å². The van der Waals surface area contributed by atoms with Gasteiger partial charge in [-0.25, -0.2) is 0 Å². The van der Waals surface area contributed by atoms with Gasteiger partial charge in [-0.1, -0.05) is 6.42 Å². The number of likely N-dealkylation sites (N-methyl/N-ethyl adjacent to an activating group) is 1. The zero-order valence-electron chi connectivity index (χ0n) is 13.4. The molecule has 5 nitrogen and oxygen atoms in total. The summed E-state index contributed by atoms with van der Waals surface area (Å²) in [5, 5.41) is 0. The number of nitrogens with two attached hydrogens (primary N) is 1. The Bertz CT molecular complexity index is 442. The maximum Gasteiger partial charge on any atom is 0.203 e. The second-order valence-corrected chi connectivity index (χ2v) is 5.54. The van der Waals surface area contributed by atoms with Gasteiger partial charge in [-0.3, -0.25) is 4.90 Å². The predicted octanol–water partition coefficient (Wildman–Crippen LogP) is 2.20. The predicted molar refractivity (Wildman–Crippen MR) is 83.3 cm³/mol. The highest BCUT2D eigenvalue weighted by Gasteiger charge is 2.28. The Morgan fingerprint density at radius 1 is 1.05 bits per heavy atom. The van der Waals surface area contributed by atoms with Crippen molar-refractivity contribution in [3.8, 4) is 17.2 Å². The Hall–Kier alpha value is -1.46. The van der Waals surface area contributed by atoms with Crippen molar-refractivity contribution in [2.45, 2.75) is 31.3 Å². The van der Waals surface area contributed by atoms with Gasteiger partial charge in [0.15, 0.2) is 11.5 Å². The molecule has 0 aromatic heterocycles. The second kappa shape index (κ2) is 7.00. The standard InChI is InChI=1S/C16H26N2O3/c1-18-8-6-5-7-12(17)15(18)11-9-13(19-2)16(21-4)14(10-11)20-3/h9-10,12,15H,5-8,17H2,1-4H3. The van der Waals surface area contributed by atoms with E-state index < -0.39 is 0 Å². The molecule has 0 spiro atoms. The maximum atomic E-state index is 6.40. The molecule has 0 radical (unpaired) electrons. The van der Waals surface area contributed by atoms with Gasteiger partial charge >= 0.3 is 0 Å². The first-order valence-electron chi connectivity index (χ1n) is 7.38. The van der Waals surface area contributed by atoms with Crippen LogP contribution in [-0.2, 0) is 0 Å². The summed E-state index contributed by atoms with van der Waals surface area (Å²) in [7, 11) is 7.01.